The lowest BCUT2D eigenvalue weighted by atomic mass is 10.0. The van der Waals surface area contributed by atoms with E-state index in [9.17, 15) is 4.79 Å². The van der Waals surface area contributed by atoms with Crippen molar-refractivity contribution in [2.24, 2.45) is 0 Å². The maximum Gasteiger partial charge on any atom is 0.211 e. The number of hydrogen-bond acceptors (Lipinski definition) is 2. The topological polar surface area (TPSA) is 30.0 Å². The Labute approximate surface area is 95.0 Å². The largest absolute Gasteiger partial charge is 0.287 e. The monoisotopic (exact) mass is 211 g/mol. The van der Waals surface area contributed by atoms with Crippen LogP contribution in [-0.2, 0) is 0 Å². The number of ketones is 1. The van der Waals surface area contributed by atoms with Crippen LogP contribution in [0.4, 0.5) is 0 Å². The Morgan fingerprint density at radius 3 is 2.56 bits per heavy atom. The zero-order valence-electron chi connectivity index (χ0n) is 9.40. The summed E-state index contributed by atoms with van der Waals surface area (Å²) in [4.78, 5) is 16.2. The summed E-state index contributed by atoms with van der Waals surface area (Å²) >= 11 is 0. The van der Waals surface area contributed by atoms with E-state index >= 15 is 0 Å². The number of benzene rings is 1. The van der Waals surface area contributed by atoms with Gasteiger partial charge in [0, 0.05) is 11.8 Å². The molecule has 1 aromatic heterocycles. The van der Waals surface area contributed by atoms with Crippen LogP contribution in [0.15, 0.2) is 42.6 Å². The molecule has 0 aliphatic rings. The van der Waals surface area contributed by atoms with Gasteiger partial charge in [-0.1, -0.05) is 29.8 Å². The average Bonchev–Trinajstić information content (AvgIpc) is 2.29. The fourth-order valence-corrected chi connectivity index (χ4v) is 1.70. The SMILES string of the molecule is Cc1ccc(C(=O)c2ccccn2)c(C)c1. The van der Waals surface area contributed by atoms with Crippen molar-refractivity contribution in [3.05, 3.63) is 65.0 Å². The Kier molecular flexibility index (Phi) is 2.82. The number of hydrogen-bond donors (Lipinski definition) is 0. The summed E-state index contributed by atoms with van der Waals surface area (Å²) in [6.45, 7) is 3.96. The van der Waals surface area contributed by atoms with E-state index in [0.717, 1.165) is 16.7 Å². The second kappa shape index (κ2) is 4.27. The molecule has 0 radical (unpaired) electrons. The van der Waals surface area contributed by atoms with E-state index in [-0.39, 0.29) is 5.78 Å². The zero-order valence-corrected chi connectivity index (χ0v) is 9.40. The number of nitrogens with zero attached hydrogens (tertiary/aromatic N) is 1. The minimum absolute atomic E-state index is 0.0156. The highest BCUT2D eigenvalue weighted by atomic mass is 16.1. The standard InChI is InChI=1S/C14H13NO/c1-10-6-7-12(11(2)9-10)14(16)13-5-3-4-8-15-13/h3-9H,1-2H3. The molecular weight excluding hydrogens is 198 g/mol. The summed E-state index contributed by atoms with van der Waals surface area (Å²) in [5.41, 5.74) is 3.38. The van der Waals surface area contributed by atoms with Gasteiger partial charge in [-0.3, -0.25) is 9.78 Å². The van der Waals surface area contributed by atoms with Gasteiger partial charge in [-0.05, 0) is 31.5 Å². The van der Waals surface area contributed by atoms with Crippen molar-refractivity contribution >= 4 is 5.78 Å². The van der Waals surface area contributed by atoms with Crippen LogP contribution in [0.1, 0.15) is 27.2 Å². The first-order chi connectivity index (χ1) is 7.68. The van der Waals surface area contributed by atoms with E-state index in [2.05, 4.69) is 4.98 Å². The maximum atomic E-state index is 12.1. The fourth-order valence-electron chi connectivity index (χ4n) is 1.70. The Hall–Kier alpha value is -1.96. The molecule has 80 valence electrons. The van der Waals surface area contributed by atoms with Gasteiger partial charge in [-0.15, -0.1) is 0 Å². The van der Waals surface area contributed by atoms with Crippen LogP contribution in [0.25, 0.3) is 0 Å². The molecule has 16 heavy (non-hydrogen) atoms. The first-order valence-electron chi connectivity index (χ1n) is 5.21. The highest BCUT2D eigenvalue weighted by Gasteiger charge is 2.11. The van der Waals surface area contributed by atoms with E-state index in [1.807, 2.05) is 38.1 Å². The molecule has 0 aliphatic carbocycles. The first kappa shape index (κ1) is 10.6. The molecule has 0 N–H and O–H groups in total. The zero-order chi connectivity index (χ0) is 11.5. The van der Waals surface area contributed by atoms with Crippen LogP contribution < -0.4 is 0 Å². The molecule has 2 rings (SSSR count). The maximum absolute atomic E-state index is 12.1. The molecule has 0 atom stereocenters. The van der Waals surface area contributed by atoms with Crippen molar-refractivity contribution in [3.63, 3.8) is 0 Å². The minimum atomic E-state index is -0.0156. The second-order valence-corrected chi connectivity index (χ2v) is 3.86. The van der Waals surface area contributed by atoms with Crippen LogP contribution >= 0.6 is 0 Å². The summed E-state index contributed by atoms with van der Waals surface area (Å²) in [5.74, 6) is -0.0156. The Morgan fingerprint density at radius 1 is 1.12 bits per heavy atom. The Morgan fingerprint density at radius 2 is 1.94 bits per heavy atom. The predicted molar refractivity (Wildman–Crippen MR) is 63.6 cm³/mol. The molecule has 0 aliphatic heterocycles. The quantitative estimate of drug-likeness (QED) is 0.715. The van der Waals surface area contributed by atoms with Crippen molar-refractivity contribution in [2.45, 2.75) is 13.8 Å². The van der Waals surface area contributed by atoms with Crippen molar-refractivity contribution in [3.8, 4) is 0 Å². The normalized spacial score (nSPS) is 10.1. The smallest absolute Gasteiger partial charge is 0.211 e. The molecule has 0 saturated heterocycles. The molecule has 0 amide bonds. The predicted octanol–water partition coefficient (Wildman–Crippen LogP) is 2.93. The van der Waals surface area contributed by atoms with Gasteiger partial charge < -0.3 is 0 Å². The molecule has 1 aromatic carbocycles. The summed E-state index contributed by atoms with van der Waals surface area (Å²) in [6.07, 6.45) is 1.64. The van der Waals surface area contributed by atoms with E-state index < -0.39 is 0 Å². The molecule has 0 saturated carbocycles. The van der Waals surface area contributed by atoms with Crippen molar-refractivity contribution in [1.29, 1.82) is 0 Å². The first-order valence-corrected chi connectivity index (χ1v) is 5.21. The van der Waals surface area contributed by atoms with Crippen molar-refractivity contribution in [2.75, 3.05) is 0 Å². The molecule has 2 aromatic rings. The highest BCUT2D eigenvalue weighted by molar-refractivity contribution is 6.08. The Balaban J connectivity index is 2.42. The fraction of sp³-hybridized carbons (Fsp3) is 0.143. The summed E-state index contributed by atoms with van der Waals surface area (Å²) in [5, 5.41) is 0. The van der Waals surface area contributed by atoms with Crippen LogP contribution in [0, 0.1) is 13.8 Å². The van der Waals surface area contributed by atoms with Crippen LogP contribution in [0.5, 0.6) is 0 Å². The lowest BCUT2D eigenvalue weighted by molar-refractivity contribution is 0.103. The van der Waals surface area contributed by atoms with E-state index in [1.54, 1.807) is 18.3 Å². The molecule has 2 nitrogen and oxygen atoms in total. The number of rotatable bonds is 2. The van der Waals surface area contributed by atoms with Gasteiger partial charge in [-0.25, -0.2) is 0 Å². The minimum Gasteiger partial charge on any atom is -0.287 e. The molecular formula is C14H13NO. The lowest BCUT2D eigenvalue weighted by Crippen LogP contribution is -2.05. The van der Waals surface area contributed by atoms with Gasteiger partial charge >= 0.3 is 0 Å². The molecule has 2 heteroatoms. The van der Waals surface area contributed by atoms with Crippen LogP contribution in [-0.4, -0.2) is 10.8 Å². The number of aromatic nitrogens is 1. The second-order valence-electron chi connectivity index (χ2n) is 3.86. The number of pyridine rings is 1. The van der Waals surface area contributed by atoms with E-state index in [1.165, 1.54) is 0 Å². The molecule has 0 spiro atoms. The van der Waals surface area contributed by atoms with Crippen LogP contribution in [0.3, 0.4) is 0 Å². The number of carbonyl (C=O) groups is 1. The van der Waals surface area contributed by atoms with Gasteiger partial charge in [0.2, 0.25) is 5.78 Å². The van der Waals surface area contributed by atoms with Gasteiger partial charge in [-0.2, -0.15) is 0 Å². The molecule has 0 unspecified atom stereocenters. The third-order valence-electron chi connectivity index (χ3n) is 2.52. The number of carbonyl (C=O) groups excluding carboxylic acids is 1. The van der Waals surface area contributed by atoms with Crippen molar-refractivity contribution in [1.82, 2.24) is 4.98 Å². The summed E-state index contributed by atoms with van der Waals surface area (Å²) in [6, 6.07) is 11.2. The van der Waals surface area contributed by atoms with Crippen molar-refractivity contribution < 1.29 is 4.79 Å². The highest BCUT2D eigenvalue weighted by Crippen LogP contribution is 2.14. The van der Waals surface area contributed by atoms with Gasteiger partial charge in [0.05, 0.1) is 0 Å². The number of aryl methyl sites for hydroxylation is 2. The van der Waals surface area contributed by atoms with E-state index in [0.29, 0.717) is 5.69 Å². The van der Waals surface area contributed by atoms with Gasteiger partial charge in [0.1, 0.15) is 5.69 Å². The Bertz CT molecular complexity index is 518. The average molecular weight is 211 g/mol. The molecule has 0 bridgehead atoms. The van der Waals surface area contributed by atoms with Crippen LogP contribution in [0.2, 0.25) is 0 Å². The van der Waals surface area contributed by atoms with Gasteiger partial charge in [0.25, 0.3) is 0 Å². The third-order valence-corrected chi connectivity index (χ3v) is 2.52. The van der Waals surface area contributed by atoms with Gasteiger partial charge in [0.15, 0.2) is 0 Å². The third kappa shape index (κ3) is 2.01. The molecule has 0 fully saturated rings. The lowest BCUT2D eigenvalue weighted by Gasteiger charge is -2.05. The summed E-state index contributed by atoms with van der Waals surface area (Å²) < 4.78 is 0. The molecule has 1 heterocycles. The summed E-state index contributed by atoms with van der Waals surface area (Å²) in [7, 11) is 0. The van der Waals surface area contributed by atoms with E-state index in [4.69, 9.17) is 0 Å².